The van der Waals surface area contributed by atoms with E-state index in [4.69, 9.17) is 20.6 Å². The van der Waals surface area contributed by atoms with Crippen molar-refractivity contribution >= 4 is 28.6 Å². The smallest absolute Gasteiger partial charge is 0.255 e. The first-order valence-corrected chi connectivity index (χ1v) is 13.6. The molecule has 214 valence electrons. The normalized spacial score (nSPS) is 15.1. The molecule has 1 fully saturated rings. The Kier molecular flexibility index (Phi) is 7.36. The molecule has 0 bridgehead atoms. The number of aromatic nitrogens is 5. The van der Waals surface area contributed by atoms with Crippen LogP contribution < -0.4 is 26.0 Å². The molecule has 1 aliphatic heterocycles. The van der Waals surface area contributed by atoms with E-state index in [0.29, 0.717) is 34.3 Å². The van der Waals surface area contributed by atoms with Gasteiger partial charge in [0.1, 0.15) is 35.2 Å². The van der Waals surface area contributed by atoms with E-state index in [-0.39, 0.29) is 12.1 Å². The fourth-order valence-electron chi connectivity index (χ4n) is 5.13. The standard InChI is InChI=1S/C30H30FN9O2/c1-18-14-33-11-12-39(18)25-10-8-22(16-34-25)40-29-26(28(32)36-17-37-29)27(38-40)20-5-3-19(4-6-20)15-35-30(41)23-13-21(31)7-9-24(23)42-2/h3-10,13,16-18,33H,11-12,14-15H2,1-2H3,(H,35,41)(H2,32,36,37)/t18-/m0/s1. The predicted molar refractivity (Wildman–Crippen MR) is 158 cm³/mol. The first-order chi connectivity index (χ1) is 20.4. The summed E-state index contributed by atoms with van der Waals surface area (Å²) in [5, 5.41) is 11.7. The fraction of sp³-hybridized carbons (Fsp3) is 0.233. The second kappa shape index (κ2) is 11.4. The van der Waals surface area contributed by atoms with Gasteiger partial charge in [0.25, 0.3) is 5.91 Å². The topological polar surface area (TPSA) is 136 Å². The number of amides is 1. The zero-order valence-corrected chi connectivity index (χ0v) is 23.2. The summed E-state index contributed by atoms with van der Waals surface area (Å²) in [5.74, 6) is 0.588. The number of nitrogen functional groups attached to an aromatic ring is 1. The number of ether oxygens (including phenoxy) is 1. The molecule has 3 aromatic heterocycles. The number of methoxy groups -OCH3 is 1. The quantitative estimate of drug-likeness (QED) is 0.271. The van der Waals surface area contributed by atoms with Gasteiger partial charge in [-0.1, -0.05) is 24.3 Å². The second-order valence-electron chi connectivity index (χ2n) is 10.1. The lowest BCUT2D eigenvalue weighted by Crippen LogP contribution is -2.50. The van der Waals surface area contributed by atoms with Crippen LogP contribution in [0.4, 0.5) is 16.0 Å². The summed E-state index contributed by atoms with van der Waals surface area (Å²) in [7, 11) is 1.44. The van der Waals surface area contributed by atoms with E-state index in [1.165, 1.54) is 25.6 Å². The summed E-state index contributed by atoms with van der Waals surface area (Å²) in [4.78, 5) is 28.4. The molecule has 4 heterocycles. The highest BCUT2D eigenvalue weighted by Crippen LogP contribution is 2.32. The van der Waals surface area contributed by atoms with Gasteiger partial charge in [-0.25, -0.2) is 24.0 Å². The maximum Gasteiger partial charge on any atom is 0.255 e. The van der Waals surface area contributed by atoms with E-state index in [9.17, 15) is 9.18 Å². The maximum atomic E-state index is 13.7. The van der Waals surface area contributed by atoms with Crippen molar-refractivity contribution in [2.75, 3.05) is 37.4 Å². The number of nitrogens with one attached hydrogen (secondary N) is 2. The van der Waals surface area contributed by atoms with Gasteiger partial charge in [-0.2, -0.15) is 5.10 Å². The van der Waals surface area contributed by atoms with Crippen LogP contribution in [0.3, 0.4) is 0 Å². The molecule has 1 atom stereocenters. The number of hydrogen-bond donors (Lipinski definition) is 3. The largest absolute Gasteiger partial charge is 0.496 e. The third-order valence-electron chi connectivity index (χ3n) is 7.35. The average Bonchev–Trinajstić information content (AvgIpc) is 3.41. The Bertz CT molecular complexity index is 1740. The van der Waals surface area contributed by atoms with E-state index in [2.05, 4.69) is 32.4 Å². The number of hydrogen-bond acceptors (Lipinski definition) is 9. The molecule has 1 amide bonds. The van der Waals surface area contributed by atoms with Crippen molar-refractivity contribution in [1.82, 2.24) is 35.4 Å². The Hall–Kier alpha value is -5.10. The summed E-state index contributed by atoms with van der Waals surface area (Å²) < 4.78 is 20.6. The molecule has 0 saturated carbocycles. The van der Waals surface area contributed by atoms with Crippen molar-refractivity contribution in [1.29, 1.82) is 0 Å². The Labute approximate surface area is 241 Å². The predicted octanol–water partition coefficient (Wildman–Crippen LogP) is 3.34. The minimum absolute atomic E-state index is 0.131. The molecule has 0 spiro atoms. The lowest BCUT2D eigenvalue weighted by molar-refractivity contribution is 0.0947. The summed E-state index contributed by atoms with van der Waals surface area (Å²) >= 11 is 0. The van der Waals surface area contributed by atoms with Gasteiger partial charge in [-0.3, -0.25) is 4.79 Å². The number of fused-ring (bicyclic) bond motifs is 1. The van der Waals surface area contributed by atoms with Gasteiger partial charge >= 0.3 is 0 Å². The van der Waals surface area contributed by atoms with Gasteiger partial charge < -0.3 is 26.0 Å². The molecular formula is C30H30FN9O2. The van der Waals surface area contributed by atoms with Crippen LogP contribution in [0, 0.1) is 5.82 Å². The van der Waals surface area contributed by atoms with Crippen molar-refractivity contribution in [3.05, 3.63) is 84.1 Å². The van der Waals surface area contributed by atoms with E-state index in [1.807, 2.05) is 36.4 Å². The zero-order chi connectivity index (χ0) is 29.2. The van der Waals surface area contributed by atoms with Crippen LogP contribution in [0.25, 0.3) is 28.0 Å². The molecule has 6 rings (SSSR count). The Morgan fingerprint density at radius 3 is 2.71 bits per heavy atom. The van der Waals surface area contributed by atoms with Crippen molar-refractivity contribution in [3.8, 4) is 22.7 Å². The number of piperazine rings is 1. The van der Waals surface area contributed by atoms with Gasteiger partial charge in [0.15, 0.2) is 5.65 Å². The maximum absolute atomic E-state index is 13.7. The molecule has 4 N–H and O–H groups in total. The SMILES string of the molecule is COc1ccc(F)cc1C(=O)NCc1ccc(-c2nn(-c3ccc(N4CCNC[C@@H]4C)nc3)c3ncnc(N)c23)cc1. The Morgan fingerprint density at radius 2 is 1.98 bits per heavy atom. The lowest BCUT2D eigenvalue weighted by atomic mass is 10.1. The molecule has 0 radical (unpaired) electrons. The van der Waals surface area contributed by atoms with E-state index in [0.717, 1.165) is 48.3 Å². The number of rotatable bonds is 7. The first kappa shape index (κ1) is 27.1. The molecule has 11 nitrogen and oxygen atoms in total. The van der Waals surface area contributed by atoms with Crippen molar-refractivity contribution < 1.29 is 13.9 Å². The fourth-order valence-corrected chi connectivity index (χ4v) is 5.13. The van der Waals surface area contributed by atoms with Gasteiger partial charge in [0, 0.05) is 37.8 Å². The average molecular weight is 568 g/mol. The van der Waals surface area contributed by atoms with E-state index >= 15 is 0 Å². The zero-order valence-electron chi connectivity index (χ0n) is 23.2. The second-order valence-corrected chi connectivity index (χ2v) is 10.1. The molecular weight excluding hydrogens is 537 g/mol. The number of anilines is 2. The lowest BCUT2D eigenvalue weighted by Gasteiger charge is -2.34. The van der Waals surface area contributed by atoms with E-state index in [1.54, 1.807) is 10.9 Å². The highest BCUT2D eigenvalue weighted by Gasteiger charge is 2.21. The molecule has 0 unspecified atom stereocenters. The Balaban J connectivity index is 1.25. The minimum Gasteiger partial charge on any atom is -0.496 e. The number of halogens is 1. The number of pyridine rings is 1. The highest BCUT2D eigenvalue weighted by atomic mass is 19.1. The van der Waals surface area contributed by atoms with E-state index < -0.39 is 11.7 Å². The summed E-state index contributed by atoms with van der Waals surface area (Å²) in [6, 6.07) is 15.7. The third-order valence-corrected chi connectivity index (χ3v) is 7.35. The number of carbonyl (C=O) groups is 1. The van der Waals surface area contributed by atoms with Gasteiger partial charge in [0.2, 0.25) is 0 Å². The van der Waals surface area contributed by atoms with Crippen molar-refractivity contribution in [2.24, 2.45) is 0 Å². The van der Waals surface area contributed by atoms with Crippen LogP contribution in [0.2, 0.25) is 0 Å². The first-order valence-electron chi connectivity index (χ1n) is 13.6. The molecule has 1 aliphatic rings. The van der Waals surface area contributed by atoms with Crippen LogP contribution in [-0.2, 0) is 6.54 Å². The number of nitrogens with zero attached hydrogens (tertiary/aromatic N) is 6. The van der Waals surface area contributed by atoms with Crippen molar-refractivity contribution in [2.45, 2.75) is 19.5 Å². The monoisotopic (exact) mass is 567 g/mol. The third kappa shape index (κ3) is 5.19. The molecule has 5 aromatic rings. The molecule has 1 saturated heterocycles. The Morgan fingerprint density at radius 1 is 1.14 bits per heavy atom. The molecule has 42 heavy (non-hydrogen) atoms. The summed E-state index contributed by atoms with van der Waals surface area (Å²) in [6.07, 6.45) is 3.21. The van der Waals surface area contributed by atoms with Crippen LogP contribution in [0.1, 0.15) is 22.8 Å². The van der Waals surface area contributed by atoms with Gasteiger partial charge in [-0.15, -0.1) is 0 Å². The van der Waals surface area contributed by atoms with Crippen LogP contribution in [0.5, 0.6) is 5.75 Å². The number of nitrogens with two attached hydrogens (primary N) is 1. The van der Waals surface area contributed by atoms with Crippen LogP contribution in [-0.4, -0.2) is 63.4 Å². The highest BCUT2D eigenvalue weighted by molar-refractivity contribution is 5.99. The summed E-state index contributed by atoms with van der Waals surface area (Å²) in [5.41, 5.74) is 10.0. The minimum atomic E-state index is -0.513. The van der Waals surface area contributed by atoms with Crippen molar-refractivity contribution in [3.63, 3.8) is 0 Å². The van der Waals surface area contributed by atoms with Crippen LogP contribution >= 0.6 is 0 Å². The van der Waals surface area contributed by atoms with Gasteiger partial charge in [-0.05, 0) is 42.8 Å². The molecule has 2 aromatic carbocycles. The molecule has 12 heteroatoms. The van der Waals surface area contributed by atoms with Crippen LogP contribution in [0.15, 0.2) is 67.1 Å². The summed E-state index contributed by atoms with van der Waals surface area (Å²) in [6.45, 7) is 5.15. The van der Waals surface area contributed by atoms with Gasteiger partial charge in [0.05, 0.1) is 29.9 Å². The molecule has 0 aliphatic carbocycles. The number of carbonyl (C=O) groups excluding carboxylic acids is 1. The number of benzene rings is 2.